The number of hydrogen-bond donors (Lipinski definition) is 1. The van der Waals surface area contributed by atoms with Crippen molar-refractivity contribution < 1.29 is 14.3 Å². The van der Waals surface area contributed by atoms with Gasteiger partial charge in [-0.15, -0.1) is 0 Å². The molecule has 0 heterocycles. The van der Waals surface area contributed by atoms with Gasteiger partial charge in [0, 0.05) is 19.5 Å². The lowest BCUT2D eigenvalue weighted by atomic mass is 10.3. The first-order chi connectivity index (χ1) is 9.05. The highest BCUT2D eigenvalue weighted by atomic mass is 35.5. The van der Waals surface area contributed by atoms with Crippen molar-refractivity contribution in [2.75, 3.05) is 14.2 Å². The number of aliphatic imine (C=N–C) groups is 1. The molecule has 0 saturated heterocycles. The normalized spacial score (nSPS) is 13.6. The summed E-state index contributed by atoms with van der Waals surface area (Å²) in [4.78, 5) is 26.2. The van der Waals surface area contributed by atoms with Crippen molar-refractivity contribution >= 4 is 35.9 Å². The zero-order chi connectivity index (χ0) is 14.8. The third-order valence-corrected chi connectivity index (χ3v) is 2.26. The molecule has 0 radical (unpaired) electrons. The lowest BCUT2D eigenvalue weighted by molar-refractivity contribution is -0.132. The molecule has 0 rings (SSSR count). The van der Waals surface area contributed by atoms with Crippen molar-refractivity contribution in [2.45, 2.75) is 6.92 Å². The summed E-state index contributed by atoms with van der Waals surface area (Å²) in [6, 6.07) is 0. The third kappa shape index (κ3) is 4.92. The number of hydrazone groups is 1. The summed E-state index contributed by atoms with van der Waals surface area (Å²) in [7, 11) is 2.67. The molecule has 104 valence electrons. The van der Waals surface area contributed by atoms with E-state index in [4.69, 9.17) is 17.3 Å². The number of rotatable bonds is 6. The Bertz CT molecular complexity index is 455. The predicted molar refractivity (Wildman–Crippen MR) is 73.7 cm³/mol. The van der Waals surface area contributed by atoms with Gasteiger partial charge in [-0.3, -0.25) is 9.79 Å². The number of hydrogen-bond acceptors (Lipinski definition) is 6. The molecule has 0 spiro atoms. The van der Waals surface area contributed by atoms with Gasteiger partial charge in [-0.2, -0.15) is 10.1 Å². The Kier molecular flexibility index (Phi) is 7.87. The number of carbonyl (C=O) groups excluding carboxylic acids is 2. The van der Waals surface area contributed by atoms with Crippen molar-refractivity contribution in [3.8, 4) is 0 Å². The number of allylic oxidation sites excluding steroid dienone is 2. The lowest BCUT2D eigenvalue weighted by Gasteiger charge is -2.13. The molecular formula is C11H15ClN4O3. The first-order valence-electron chi connectivity index (χ1n) is 5.13. The molecule has 0 aliphatic carbocycles. The van der Waals surface area contributed by atoms with Gasteiger partial charge in [-0.05, 0) is 6.92 Å². The topological polar surface area (TPSA) is 97.4 Å². The molecule has 0 aliphatic heterocycles. The first-order valence-corrected chi connectivity index (χ1v) is 5.51. The quantitative estimate of drug-likeness (QED) is 0.335. The summed E-state index contributed by atoms with van der Waals surface area (Å²) >= 11 is 5.83. The molecule has 0 saturated carbocycles. The number of esters is 1. The molecule has 0 aromatic heterocycles. The molecule has 0 atom stereocenters. The van der Waals surface area contributed by atoms with Crippen molar-refractivity contribution in [1.82, 2.24) is 5.01 Å². The average Bonchev–Trinajstić information content (AvgIpc) is 2.45. The van der Waals surface area contributed by atoms with Crippen molar-refractivity contribution in [1.29, 1.82) is 0 Å². The number of amides is 1. The van der Waals surface area contributed by atoms with Gasteiger partial charge in [-0.1, -0.05) is 17.7 Å². The summed E-state index contributed by atoms with van der Waals surface area (Å²) in [6.45, 7) is 1.61. The smallest absolute Gasteiger partial charge is 0.360 e. The molecule has 0 aliphatic rings. The maximum Gasteiger partial charge on any atom is 0.360 e. The van der Waals surface area contributed by atoms with E-state index in [1.807, 2.05) is 0 Å². The minimum Gasteiger partial charge on any atom is -0.464 e. The van der Waals surface area contributed by atoms with Crippen LogP contribution in [0.1, 0.15) is 6.92 Å². The number of nitrogens with two attached hydrogens (primary N) is 1. The zero-order valence-corrected chi connectivity index (χ0v) is 11.6. The maximum absolute atomic E-state index is 11.5. The van der Waals surface area contributed by atoms with Crippen molar-refractivity contribution in [3.63, 3.8) is 0 Å². The molecule has 8 heteroatoms. The Balaban J connectivity index is 5.63. The van der Waals surface area contributed by atoms with E-state index in [2.05, 4.69) is 14.8 Å². The summed E-state index contributed by atoms with van der Waals surface area (Å²) in [5, 5.41) is 4.66. The van der Waals surface area contributed by atoms with Crippen LogP contribution in [0.2, 0.25) is 0 Å². The molecule has 0 unspecified atom stereocenters. The molecule has 7 nitrogen and oxygen atoms in total. The number of ether oxygens (including phenoxy) is 1. The molecule has 2 N–H and O–H groups in total. The van der Waals surface area contributed by atoms with Crippen molar-refractivity contribution in [2.24, 2.45) is 15.8 Å². The minimum atomic E-state index is -0.778. The molecule has 1 amide bonds. The fourth-order valence-electron chi connectivity index (χ4n) is 0.980. The van der Waals surface area contributed by atoms with Crippen LogP contribution in [0, 0.1) is 0 Å². The Morgan fingerprint density at radius 2 is 2.11 bits per heavy atom. The van der Waals surface area contributed by atoms with Gasteiger partial charge in [0.25, 0.3) is 0 Å². The second-order valence-corrected chi connectivity index (χ2v) is 3.41. The summed E-state index contributed by atoms with van der Waals surface area (Å²) < 4.78 is 4.53. The SMILES string of the molecule is C/C=C(Cl)\C(=N/N(C=O)C(C=NC)=CN)C(=O)OC. The maximum atomic E-state index is 11.5. The Morgan fingerprint density at radius 1 is 1.47 bits per heavy atom. The summed E-state index contributed by atoms with van der Waals surface area (Å²) in [5.41, 5.74) is 5.30. The fraction of sp³-hybridized carbons (Fsp3) is 0.273. The van der Waals surface area contributed by atoms with E-state index >= 15 is 0 Å². The number of methoxy groups -OCH3 is 1. The van der Waals surface area contributed by atoms with E-state index < -0.39 is 5.97 Å². The molecule has 0 aromatic carbocycles. The van der Waals surface area contributed by atoms with Crippen LogP contribution < -0.4 is 5.73 Å². The van der Waals surface area contributed by atoms with E-state index in [0.717, 1.165) is 11.2 Å². The highest BCUT2D eigenvalue weighted by Gasteiger charge is 2.18. The van der Waals surface area contributed by atoms with Gasteiger partial charge in [0.1, 0.15) is 5.70 Å². The third-order valence-electron chi connectivity index (χ3n) is 1.86. The van der Waals surface area contributed by atoms with Gasteiger partial charge >= 0.3 is 5.97 Å². The Hall–Kier alpha value is -2.15. The van der Waals surface area contributed by atoms with E-state index in [1.54, 1.807) is 6.92 Å². The van der Waals surface area contributed by atoms with E-state index in [1.165, 1.54) is 26.4 Å². The molecular weight excluding hydrogens is 272 g/mol. The highest BCUT2D eigenvalue weighted by Crippen LogP contribution is 2.09. The molecule has 0 bridgehead atoms. The second kappa shape index (κ2) is 8.87. The number of halogens is 1. The lowest BCUT2D eigenvalue weighted by Crippen LogP contribution is -2.24. The van der Waals surface area contributed by atoms with Gasteiger partial charge in [-0.25, -0.2) is 4.79 Å². The van der Waals surface area contributed by atoms with Crippen LogP contribution in [-0.2, 0) is 14.3 Å². The zero-order valence-electron chi connectivity index (χ0n) is 10.8. The highest BCUT2D eigenvalue weighted by molar-refractivity contribution is 6.58. The van der Waals surface area contributed by atoms with Crippen LogP contribution in [-0.4, -0.2) is 43.5 Å². The van der Waals surface area contributed by atoms with Crippen LogP contribution in [0.15, 0.2) is 33.1 Å². The van der Waals surface area contributed by atoms with Crippen LogP contribution in [0.4, 0.5) is 0 Å². The van der Waals surface area contributed by atoms with Crippen LogP contribution >= 0.6 is 11.6 Å². The summed E-state index contributed by atoms with van der Waals surface area (Å²) in [5.74, 6) is -0.778. The van der Waals surface area contributed by atoms with Crippen LogP contribution in [0.25, 0.3) is 0 Å². The minimum absolute atomic E-state index is 0.0449. The van der Waals surface area contributed by atoms with E-state index in [-0.39, 0.29) is 16.4 Å². The van der Waals surface area contributed by atoms with Crippen LogP contribution in [0.5, 0.6) is 0 Å². The average molecular weight is 287 g/mol. The standard InChI is InChI=1S/C11H15ClN4O3/c1-4-9(12)10(11(18)19-3)15-16(7-17)8(5-13)6-14-2/h4-7H,13H2,1-3H3/b8-5?,9-4+,14-6?,15-10+. The van der Waals surface area contributed by atoms with Gasteiger partial charge in [0.15, 0.2) is 5.71 Å². The summed E-state index contributed by atoms with van der Waals surface area (Å²) in [6.07, 6.45) is 4.23. The number of nitrogens with zero attached hydrogens (tertiary/aromatic N) is 3. The monoisotopic (exact) mass is 286 g/mol. The van der Waals surface area contributed by atoms with Gasteiger partial charge in [0.05, 0.1) is 12.1 Å². The Labute approximate surface area is 116 Å². The molecule has 0 aromatic rings. The first kappa shape index (κ1) is 16.9. The molecule has 0 fully saturated rings. The van der Waals surface area contributed by atoms with Crippen molar-refractivity contribution in [3.05, 3.63) is 23.0 Å². The van der Waals surface area contributed by atoms with Gasteiger partial charge in [0.2, 0.25) is 6.41 Å². The number of carbonyl (C=O) groups is 2. The molecule has 19 heavy (non-hydrogen) atoms. The van der Waals surface area contributed by atoms with E-state index in [9.17, 15) is 9.59 Å². The van der Waals surface area contributed by atoms with E-state index in [0.29, 0.717) is 6.41 Å². The Morgan fingerprint density at radius 3 is 2.47 bits per heavy atom. The second-order valence-electron chi connectivity index (χ2n) is 3.01. The van der Waals surface area contributed by atoms with Crippen LogP contribution in [0.3, 0.4) is 0 Å². The largest absolute Gasteiger partial charge is 0.464 e. The fourth-order valence-corrected chi connectivity index (χ4v) is 1.10. The van der Waals surface area contributed by atoms with Gasteiger partial charge < -0.3 is 10.5 Å². The predicted octanol–water partition coefficient (Wildman–Crippen LogP) is 0.617.